The number of methoxy groups -OCH3 is 1. The van der Waals surface area contributed by atoms with Gasteiger partial charge in [-0.2, -0.15) is 5.26 Å². The number of hydrogen-bond acceptors (Lipinski definition) is 6. The van der Waals surface area contributed by atoms with E-state index in [0.29, 0.717) is 27.9 Å². The van der Waals surface area contributed by atoms with E-state index < -0.39 is 22.6 Å². The van der Waals surface area contributed by atoms with Gasteiger partial charge in [0.25, 0.3) is 0 Å². The summed E-state index contributed by atoms with van der Waals surface area (Å²) in [7, 11) is 1.54. The van der Waals surface area contributed by atoms with Crippen LogP contribution in [-0.2, 0) is 15.0 Å². The maximum atomic E-state index is 12.4. The third-order valence-electron chi connectivity index (χ3n) is 5.94. The molecule has 1 fully saturated rings. The van der Waals surface area contributed by atoms with Crippen molar-refractivity contribution in [2.75, 3.05) is 7.11 Å². The van der Waals surface area contributed by atoms with Crippen LogP contribution in [0.3, 0.4) is 0 Å². The first kappa shape index (κ1) is 18.1. The Kier molecular flexibility index (Phi) is 3.93. The SMILES string of the molecule is COc1ccc(C2(C#N)CCC(=O)C(C)(C(=O)[O-])C2)c2c1oc1ccccc12. The van der Waals surface area contributed by atoms with Crippen molar-refractivity contribution in [1.29, 1.82) is 5.26 Å². The monoisotopic (exact) mass is 376 g/mol. The van der Waals surface area contributed by atoms with E-state index in [4.69, 9.17) is 9.15 Å². The lowest BCUT2D eigenvalue weighted by Crippen LogP contribution is -2.52. The summed E-state index contributed by atoms with van der Waals surface area (Å²) in [6, 6.07) is 13.3. The molecule has 0 spiro atoms. The molecule has 4 rings (SSSR count). The van der Waals surface area contributed by atoms with Crippen LogP contribution < -0.4 is 9.84 Å². The predicted molar refractivity (Wildman–Crippen MR) is 99.5 cm³/mol. The molecule has 142 valence electrons. The molecule has 2 atom stereocenters. The summed E-state index contributed by atoms with van der Waals surface area (Å²) < 4.78 is 11.4. The Bertz CT molecular complexity index is 1170. The lowest BCUT2D eigenvalue weighted by molar-refractivity contribution is -0.317. The maximum absolute atomic E-state index is 12.4. The molecule has 1 aliphatic rings. The molecule has 0 saturated heterocycles. The molecule has 0 aliphatic heterocycles. The van der Waals surface area contributed by atoms with Crippen LogP contribution in [0.1, 0.15) is 31.7 Å². The van der Waals surface area contributed by atoms with Crippen LogP contribution in [0.4, 0.5) is 0 Å². The molecule has 2 aromatic carbocycles. The van der Waals surface area contributed by atoms with Crippen LogP contribution in [-0.4, -0.2) is 18.9 Å². The predicted octanol–water partition coefficient (Wildman–Crippen LogP) is 2.87. The molecule has 1 aromatic heterocycles. The van der Waals surface area contributed by atoms with Gasteiger partial charge in [0.15, 0.2) is 11.3 Å². The number of carbonyl (C=O) groups is 2. The van der Waals surface area contributed by atoms with Crippen molar-refractivity contribution in [3.8, 4) is 11.8 Å². The van der Waals surface area contributed by atoms with E-state index in [9.17, 15) is 20.0 Å². The van der Waals surface area contributed by atoms with Crippen molar-refractivity contribution in [1.82, 2.24) is 0 Å². The molecule has 0 amide bonds. The Morgan fingerprint density at radius 3 is 2.71 bits per heavy atom. The molecule has 1 heterocycles. The molecular formula is C22H18NO5-. The van der Waals surface area contributed by atoms with Crippen LogP contribution in [0.2, 0.25) is 0 Å². The number of Topliss-reactive ketones (excluding diaryl/α,β-unsaturated/α-hetero) is 1. The van der Waals surface area contributed by atoms with Crippen LogP contribution in [0.15, 0.2) is 40.8 Å². The third kappa shape index (κ3) is 2.32. The largest absolute Gasteiger partial charge is 0.549 e. The van der Waals surface area contributed by atoms with Crippen molar-refractivity contribution in [3.05, 3.63) is 42.0 Å². The lowest BCUT2D eigenvalue weighted by atomic mass is 9.59. The molecular weight excluding hydrogens is 358 g/mol. The zero-order valence-corrected chi connectivity index (χ0v) is 15.6. The number of fused-ring (bicyclic) bond motifs is 3. The number of ketones is 1. The van der Waals surface area contributed by atoms with Crippen molar-refractivity contribution in [3.63, 3.8) is 0 Å². The van der Waals surface area contributed by atoms with Gasteiger partial charge >= 0.3 is 0 Å². The molecule has 0 N–H and O–H groups in total. The Morgan fingerprint density at radius 2 is 2.04 bits per heavy atom. The zero-order chi connectivity index (χ0) is 20.1. The molecule has 6 heteroatoms. The Hall–Kier alpha value is -3.33. The summed E-state index contributed by atoms with van der Waals surface area (Å²) in [6.07, 6.45) is 0.103. The number of furan rings is 1. The van der Waals surface area contributed by atoms with Gasteiger partial charge in [0.1, 0.15) is 11.4 Å². The Labute approximate surface area is 161 Å². The summed E-state index contributed by atoms with van der Waals surface area (Å²) >= 11 is 0. The average Bonchev–Trinajstić information content (AvgIpc) is 3.09. The fourth-order valence-corrected chi connectivity index (χ4v) is 4.33. The Morgan fingerprint density at radius 1 is 1.29 bits per heavy atom. The number of carboxylic acids is 1. The van der Waals surface area contributed by atoms with Crippen molar-refractivity contribution in [2.45, 2.75) is 31.6 Å². The van der Waals surface area contributed by atoms with E-state index in [-0.39, 0.29) is 19.3 Å². The second kappa shape index (κ2) is 6.10. The van der Waals surface area contributed by atoms with Crippen LogP contribution in [0.25, 0.3) is 21.9 Å². The van der Waals surface area contributed by atoms with Crippen molar-refractivity contribution >= 4 is 33.7 Å². The van der Waals surface area contributed by atoms with E-state index in [1.165, 1.54) is 14.0 Å². The topological polar surface area (TPSA) is 103 Å². The number of hydrogen-bond donors (Lipinski definition) is 0. The number of rotatable bonds is 3. The standard InChI is InChI=1S/C22H19NO5/c1-21(20(25)26)11-22(12-23,10-9-17(21)24)14-7-8-16(27-2)19-18(14)13-5-3-4-6-15(13)28-19/h3-8H,9-11H2,1-2H3,(H,25,26)/p-1. The number of aliphatic carboxylic acids is 1. The van der Waals surface area contributed by atoms with Crippen molar-refractivity contribution < 1.29 is 23.8 Å². The Balaban J connectivity index is 2.04. The summed E-state index contributed by atoms with van der Waals surface area (Å²) in [5.74, 6) is -1.32. The first-order valence-corrected chi connectivity index (χ1v) is 9.01. The molecule has 2 unspecified atom stereocenters. The van der Waals surface area contributed by atoms with Crippen LogP contribution in [0, 0.1) is 16.7 Å². The normalized spacial score (nSPS) is 25.0. The lowest BCUT2D eigenvalue weighted by Gasteiger charge is -2.42. The summed E-state index contributed by atoms with van der Waals surface area (Å²) in [5.41, 5.74) is -1.07. The second-order valence-corrected chi connectivity index (χ2v) is 7.53. The number of benzene rings is 2. The summed E-state index contributed by atoms with van der Waals surface area (Å²) in [6.45, 7) is 1.35. The van der Waals surface area contributed by atoms with E-state index >= 15 is 0 Å². The maximum Gasteiger partial charge on any atom is 0.177 e. The number of carbonyl (C=O) groups excluding carboxylic acids is 2. The van der Waals surface area contributed by atoms with Gasteiger partial charge in [-0.3, -0.25) is 4.79 Å². The molecule has 6 nitrogen and oxygen atoms in total. The third-order valence-corrected chi connectivity index (χ3v) is 5.94. The van der Waals surface area contributed by atoms with Gasteiger partial charge in [-0.05, 0) is 37.5 Å². The first-order chi connectivity index (χ1) is 13.4. The summed E-state index contributed by atoms with van der Waals surface area (Å²) in [5, 5.41) is 23.4. The van der Waals surface area contributed by atoms with Gasteiger partial charge in [0.05, 0.1) is 30.0 Å². The average molecular weight is 376 g/mol. The minimum absolute atomic E-state index is 0.00134. The van der Waals surface area contributed by atoms with Gasteiger partial charge in [0.2, 0.25) is 0 Å². The number of ether oxygens (including phenoxy) is 1. The van der Waals surface area contributed by atoms with E-state index in [1.807, 2.05) is 24.3 Å². The van der Waals surface area contributed by atoms with E-state index in [2.05, 4.69) is 6.07 Å². The van der Waals surface area contributed by atoms with Gasteiger partial charge in [0, 0.05) is 17.2 Å². The van der Waals surface area contributed by atoms with Crippen LogP contribution >= 0.6 is 0 Å². The minimum atomic E-state index is -1.71. The van der Waals surface area contributed by atoms with E-state index in [1.54, 1.807) is 12.1 Å². The number of nitrogens with zero attached hydrogens (tertiary/aromatic N) is 1. The number of nitriles is 1. The summed E-state index contributed by atoms with van der Waals surface area (Å²) in [4.78, 5) is 24.1. The van der Waals surface area contributed by atoms with Gasteiger partial charge in [-0.25, -0.2) is 0 Å². The molecule has 1 saturated carbocycles. The number of carboxylic acid groups (broad SMARTS) is 1. The highest BCUT2D eigenvalue weighted by atomic mass is 16.5. The highest BCUT2D eigenvalue weighted by molar-refractivity contribution is 6.10. The second-order valence-electron chi connectivity index (χ2n) is 7.53. The quantitative estimate of drug-likeness (QED) is 0.651. The fourth-order valence-electron chi connectivity index (χ4n) is 4.33. The number of para-hydroxylation sites is 1. The zero-order valence-electron chi connectivity index (χ0n) is 15.6. The molecule has 3 aromatic rings. The molecule has 28 heavy (non-hydrogen) atoms. The molecule has 0 radical (unpaired) electrons. The first-order valence-electron chi connectivity index (χ1n) is 9.01. The van der Waals surface area contributed by atoms with Gasteiger partial charge in [-0.15, -0.1) is 0 Å². The van der Waals surface area contributed by atoms with E-state index in [0.717, 1.165) is 5.39 Å². The van der Waals surface area contributed by atoms with Crippen LogP contribution in [0.5, 0.6) is 5.75 Å². The minimum Gasteiger partial charge on any atom is -0.549 e. The smallest absolute Gasteiger partial charge is 0.177 e. The fraction of sp³-hybridized carbons (Fsp3) is 0.318. The van der Waals surface area contributed by atoms with Gasteiger partial charge in [-0.1, -0.05) is 24.3 Å². The highest BCUT2D eigenvalue weighted by Gasteiger charge is 2.50. The molecule has 0 bridgehead atoms. The highest BCUT2D eigenvalue weighted by Crippen LogP contribution is 2.50. The van der Waals surface area contributed by atoms with Gasteiger partial charge < -0.3 is 19.1 Å². The van der Waals surface area contributed by atoms with Crippen molar-refractivity contribution in [2.24, 2.45) is 5.41 Å². The molecule has 1 aliphatic carbocycles.